The van der Waals surface area contributed by atoms with E-state index in [4.69, 9.17) is 17.0 Å². The van der Waals surface area contributed by atoms with Crippen molar-refractivity contribution in [2.75, 3.05) is 20.2 Å². The fraction of sp³-hybridized carbons (Fsp3) is 0.389. The summed E-state index contributed by atoms with van der Waals surface area (Å²) in [6.45, 7) is 1.71. The number of rotatable bonds is 4. The van der Waals surface area contributed by atoms with Gasteiger partial charge in [-0.15, -0.1) is 0 Å². The number of hydrogen-bond acceptors (Lipinski definition) is 6. The highest BCUT2D eigenvalue weighted by molar-refractivity contribution is 7.71. The predicted molar refractivity (Wildman–Crippen MR) is 103 cm³/mol. The Bertz CT molecular complexity index is 894. The minimum atomic E-state index is -0.462. The van der Waals surface area contributed by atoms with Gasteiger partial charge in [0, 0.05) is 13.1 Å². The van der Waals surface area contributed by atoms with Crippen LogP contribution in [-0.2, 0) is 0 Å². The summed E-state index contributed by atoms with van der Waals surface area (Å²) < 4.78 is 6.66. The molecular formula is C18H22N4O3S. The molecule has 138 valence electrons. The molecule has 0 saturated carbocycles. The van der Waals surface area contributed by atoms with E-state index in [1.54, 1.807) is 31.4 Å². The Labute approximate surface area is 156 Å². The molecule has 1 aromatic carbocycles. The van der Waals surface area contributed by atoms with Crippen LogP contribution >= 0.6 is 12.2 Å². The molecule has 0 unspecified atom stereocenters. The first-order chi connectivity index (χ1) is 12.6. The van der Waals surface area contributed by atoms with Gasteiger partial charge >= 0.3 is 0 Å². The maximum Gasteiger partial charge on any atom is 0.264 e. The Balaban J connectivity index is 1.98. The largest absolute Gasteiger partial charge is 0.497 e. The normalized spacial score (nSPS) is 15.2. The van der Waals surface area contributed by atoms with E-state index in [1.807, 2.05) is 5.01 Å². The molecule has 0 aliphatic carbocycles. The molecule has 3 rings (SSSR count). The van der Waals surface area contributed by atoms with Gasteiger partial charge in [-0.05, 0) is 49.3 Å². The van der Waals surface area contributed by atoms with Gasteiger partial charge in [-0.1, -0.05) is 12.8 Å². The minimum Gasteiger partial charge on any atom is -0.497 e. The quantitative estimate of drug-likeness (QED) is 0.635. The highest BCUT2D eigenvalue weighted by Gasteiger charge is 2.13. The Morgan fingerprint density at radius 3 is 2.46 bits per heavy atom. The minimum absolute atomic E-state index is 0.0821. The van der Waals surface area contributed by atoms with E-state index in [0.29, 0.717) is 11.4 Å². The number of aromatic amines is 1. The molecule has 7 nitrogen and oxygen atoms in total. The van der Waals surface area contributed by atoms with Gasteiger partial charge in [-0.25, -0.2) is 0 Å². The summed E-state index contributed by atoms with van der Waals surface area (Å²) >= 11 is 5.22. The highest BCUT2D eigenvalue weighted by atomic mass is 32.1. The van der Waals surface area contributed by atoms with Crippen LogP contribution in [0.5, 0.6) is 11.6 Å². The van der Waals surface area contributed by atoms with E-state index in [9.17, 15) is 9.90 Å². The number of hydrazone groups is 1. The molecule has 0 atom stereocenters. The van der Waals surface area contributed by atoms with Gasteiger partial charge in [0.2, 0.25) is 5.88 Å². The van der Waals surface area contributed by atoms with Gasteiger partial charge in [-0.2, -0.15) is 5.10 Å². The van der Waals surface area contributed by atoms with Crippen LogP contribution in [0.1, 0.15) is 31.2 Å². The molecule has 1 saturated heterocycles. The number of methoxy groups -OCH3 is 1. The van der Waals surface area contributed by atoms with E-state index >= 15 is 0 Å². The number of nitrogens with zero attached hydrogens (tertiary/aromatic N) is 3. The maximum atomic E-state index is 12.3. The van der Waals surface area contributed by atoms with Crippen molar-refractivity contribution in [3.63, 3.8) is 0 Å². The number of aromatic nitrogens is 2. The van der Waals surface area contributed by atoms with E-state index in [-0.39, 0.29) is 16.2 Å². The average Bonchev–Trinajstić information content (AvgIpc) is 2.90. The van der Waals surface area contributed by atoms with Crippen LogP contribution in [-0.4, -0.2) is 46.1 Å². The van der Waals surface area contributed by atoms with Crippen LogP contribution in [0.3, 0.4) is 0 Å². The average molecular weight is 374 g/mol. The molecule has 1 aromatic heterocycles. The third-order valence-electron chi connectivity index (χ3n) is 4.38. The van der Waals surface area contributed by atoms with Gasteiger partial charge < -0.3 is 9.84 Å². The van der Waals surface area contributed by atoms with Gasteiger partial charge in [-0.3, -0.25) is 19.4 Å². The predicted octanol–water partition coefficient (Wildman–Crippen LogP) is 2.82. The van der Waals surface area contributed by atoms with Crippen LogP contribution < -0.4 is 10.3 Å². The number of H-pyrrole nitrogens is 1. The molecule has 8 heteroatoms. The lowest BCUT2D eigenvalue weighted by atomic mass is 10.2. The maximum absolute atomic E-state index is 12.3. The number of hydrogen-bond donors (Lipinski definition) is 2. The molecule has 2 heterocycles. The number of ether oxygens (including phenoxy) is 1. The second-order valence-corrected chi connectivity index (χ2v) is 6.53. The smallest absolute Gasteiger partial charge is 0.264 e. The first-order valence-corrected chi connectivity index (χ1v) is 9.02. The van der Waals surface area contributed by atoms with Crippen molar-refractivity contribution in [2.45, 2.75) is 25.7 Å². The lowest BCUT2D eigenvalue weighted by Gasteiger charge is -2.16. The van der Waals surface area contributed by atoms with Crippen molar-refractivity contribution in [3.05, 3.63) is 45.0 Å². The van der Waals surface area contributed by atoms with Crippen molar-refractivity contribution in [2.24, 2.45) is 5.10 Å². The Hall–Kier alpha value is -2.61. The van der Waals surface area contributed by atoms with Crippen molar-refractivity contribution in [3.8, 4) is 17.3 Å². The third kappa shape index (κ3) is 3.96. The number of benzene rings is 1. The van der Waals surface area contributed by atoms with Crippen LogP contribution in [0.25, 0.3) is 5.69 Å². The van der Waals surface area contributed by atoms with Gasteiger partial charge in [0.1, 0.15) is 11.3 Å². The summed E-state index contributed by atoms with van der Waals surface area (Å²) in [5, 5.41) is 17.0. The SMILES string of the molecule is COc1ccc(-n2c(O)c(/C=N/N3CCCCCC3)c(=O)[nH]c2=S)cc1. The Morgan fingerprint density at radius 1 is 1.19 bits per heavy atom. The van der Waals surface area contributed by atoms with Crippen LogP contribution in [0.15, 0.2) is 34.2 Å². The molecule has 0 bridgehead atoms. The lowest BCUT2D eigenvalue weighted by molar-refractivity contribution is 0.302. The molecule has 1 fully saturated rings. The number of aromatic hydroxyl groups is 1. The van der Waals surface area contributed by atoms with Gasteiger partial charge in [0.25, 0.3) is 5.56 Å². The van der Waals surface area contributed by atoms with Crippen LogP contribution in [0.2, 0.25) is 0 Å². The van der Waals surface area contributed by atoms with Gasteiger partial charge in [0.15, 0.2) is 4.77 Å². The Morgan fingerprint density at radius 2 is 1.85 bits per heavy atom. The van der Waals surface area contributed by atoms with Crippen molar-refractivity contribution in [1.82, 2.24) is 14.6 Å². The molecule has 2 aromatic rings. The summed E-state index contributed by atoms with van der Waals surface area (Å²) in [6.07, 6.45) is 5.96. The standard InChI is InChI=1S/C18H22N4O3S/c1-25-14-8-6-13(7-9-14)22-17(24)15(16(23)20-18(22)26)12-19-21-10-4-2-3-5-11-21/h6-9,12,24H,2-5,10-11H2,1H3,(H,20,23,26)/b19-12+. The van der Waals surface area contributed by atoms with E-state index in [0.717, 1.165) is 25.9 Å². The molecule has 1 aliphatic rings. The second kappa shape index (κ2) is 8.18. The summed E-state index contributed by atoms with van der Waals surface area (Å²) in [7, 11) is 1.58. The summed E-state index contributed by atoms with van der Waals surface area (Å²) in [4.78, 5) is 14.9. The zero-order chi connectivity index (χ0) is 18.5. The van der Waals surface area contributed by atoms with E-state index in [2.05, 4.69) is 10.1 Å². The zero-order valence-electron chi connectivity index (χ0n) is 14.6. The summed E-state index contributed by atoms with van der Waals surface area (Å²) in [5.74, 6) is 0.453. The molecule has 2 N–H and O–H groups in total. The number of nitrogens with one attached hydrogen (secondary N) is 1. The van der Waals surface area contributed by atoms with Crippen molar-refractivity contribution < 1.29 is 9.84 Å². The molecule has 0 amide bonds. The van der Waals surface area contributed by atoms with E-state index < -0.39 is 5.56 Å². The third-order valence-corrected chi connectivity index (χ3v) is 4.67. The van der Waals surface area contributed by atoms with Crippen LogP contribution in [0.4, 0.5) is 0 Å². The van der Waals surface area contributed by atoms with E-state index in [1.165, 1.54) is 23.6 Å². The second-order valence-electron chi connectivity index (χ2n) is 6.14. The molecular weight excluding hydrogens is 352 g/mol. The Kier molecular flexibility index (Phi) is 5.72. The lowest BCUT2D eigenvalue weighted by Crippen LogP contribution is -2.21. The van der Waals surface area contributed by atoms with Gasteiger partial charge in [0.05, 0.1) is 19.0 Å². The monoisotopic (exact) mass is 374 g/mol. The first kappa shape index (κ1) is 18.2. The molecule has 26 heavy (non-hydrogen) atoms. The zero-order valence-corrected chi connectivity index (χ0v) is 15.5. The van der Waals surface area contributed by atoms with Crippen molar-refractivity contribution in [1.29, 1.82) is 0 Å². The fourth-order valence-electron chi connectivity index (χ4n) is 2.93. The topological polar surface area (TPSA) is 82.8 Å². The highest BCUT2D eigenvalue weighted by Crippen LogP contribution is 2.21. The first-order valence-electron chi connectivity index (χ1n) is 8.62. The molecule has 0 spiro atoms. The fourth-order valence-corrected chi connectivity index (χ4v) is 3.22. The molecule has 0 radical (unpaired) electrons. The molecule has 1 aliphatic heterocycles. The summed E-state index contributed by atoms with van der Waals surface area (Å²) in [5.41, 5.74) is 0.239. The summed E-state index contributed by atoms with van der Waals surface area (Å²) in [6, 6.07) is 7.02. The van der Waals surface area contributed by atoms with Crippen LogP contribution in [0, 0.1) is 4.77 Å². The van der Waals surface area contributed by atoms with Crippen molar-refractivity contribution >= 4 is 18.4 Å².